The fourth-order valence-corrected chi connectivity index (χ4v) is 2.79. The number of carbonyl (C=O) groups excluding carboxylic acids is 1. The van der Waals surface area contributed by atoms with Crippen LogP contribution in [0.15, 0.2) is 54.6 Å². The summed E-state index contributed by atoms with van der Waals surface area (Å²) in [5.74, 6) is 0.706. The number of carbonyl (C=O) groups is 1. The van der Waals surface area contributed by atoms with Crippen LogP contribution in [0.25, 0.3) is 10.8 Å². The lowest BCUT2D eigenvalue weighted by molar-refractivity contribution is 0.0948. The van der Waals surface area contributed by atoms with Crippen molar-refractivity contribution in [3.8, 4) is 5.75 Å². The quantitative estimate of drug-likeness (QED) is 0.742. The summed E-state index contributed by atoms with van der Waals surface area (Å²) in [6, 6.07) is 17.8. The number of hydrogen-bond acceptors (Lipinski definition) is 3. The Morgan fingerprint density at radius 1 is 1.12 bits per heavy atom. The van der Waals surface area contributed by atoms with Crippen molar-refractivity contribution < 1.29 is 9.53 Å². The van der Waals surface area contributed by atoms with Crippen molar-refractivity contribution in [2.24, 2.45) is 0 Å². The first-order valence-corrected chi connectivity index (χ1v) is 8.51. The van der Waals surface area contributed by atoms with Gasteiger partial charge in [0.25, 0.3) is 5.91 Å². The van der Waals surface area contributed by atoms with E-state index >= 15 is 0 Å². The van der Waals surface area contributed by atoms with Gasteiger partial charge in [-0.3, -0.25) is 4.79 Å². The van der Waals surface area contributed by atoms with Crippen LogP contribution in [0, 0.1) is 0 Å². The van der Waals surface area contributed by atoms with Crippen LogP contribution < -0.4 is 10.1 Å². The van der Waals surface area contributed by atoms with Crippen molar-refractivity contribution in [3.05, 3.63) is 71.5 Å². The van der Waals surface area contributed by atoms with Gasteiger partial charge in [0.15, 0.2) is 0 Å². The Morgan fingerprint density at radius 2 is 1.88 bits per heavy atom. The Hall–Kier alpha value is -2.88. The molecule has 2 aromatic carbocycles. The number of nitrogens with one attached hydrogen (secondary N) is 1. The summed E-state index contributed by atoms with van der Waals surface area (Å²) in [7, 11) is 1.66. The molecule has 1 aromatic heterocycles. The van der Waals surface area contributed by atoms with Gasteiger partial charge in [0, 0.05) is 18.4 Å². The highest BCUT2D eigenvalue weighted by Crippen LogP contribution is 2.22. The number of fused-ring (bicyclic) bond motifs is 1. The van der Waals surface area contributed by atoms with Gasteiger partial charge in [0.1, 0.15) is 11.4 Å². The van der Waals surface area contributed by atoms with Crippen LogP contribution in [0.1, 0.15) is 35.1 Å². The first kappa shape index (κ1) is 17.0. The monoisotopic (exact) mass is 334 g/mol. The number of benzene rings is 2. The molecule has 1 N–H and O–H groups in total. The van der Waals surface area contributed by atoms with Gasteiger partial charge < -0.3 is 10.1 Å². The van der Waals surface area contributed by atoms with Crippen LogP contribution >= 0.6 is 0 Å². The molecule has 0 atom stereocenters. The van der Waals surface area contributed by atoms with E-state index in [1.807, 2.05) is 55.5 Å². The van der Waals surface area contributed by atoms with E-state index in [0.717, 1.165) is 34.2 Å². The van der Waals surface area contributed by atoms with E-state index in [1.165, 1.54) is 0 Å². The minimum absolute atomic E-state index is 0.122. The zero-order valence-electron chi connectivity index (χ0n) is 14.6. The maximum atomic E-state index is 12.3. The lowest BCUT2D eigenvalue weighted by atomic mass is 10.0. The molecule has 3 aromatic rings. The van der Waals surface area contributed by atoms with Gasteiger partial charge in [-0.15, -0.1) is 0 Å². The number of pyridine rings is 1. The number of rotatable bonds is 6. The van der Waals surface area contributed by atoms with E-state index < -0.39 is 0 Å². The lowest BCUT2D eigenvalue weighted by Gasteiger charge is -2.10. The summed E-state index contributed by atoms with van der Waals surface area (Å²) in [5, 5.41) is 5.01. The normalized spacial score (nSPS) is 10.6. The van der Waals surface area contributed by atoms with E-state index in [1.54, 1.807) is 7.11 Å². The van der Waals surface area contributed by atoms with E-state index in [0.29, 0.717) is 18.7 Å². The molecule has 0 aliphatic heterocycles. The standard InChI is InChI=1S/C21H22N2O2/c1-3-12-22-21(24)20-14-16-6-4-5-7-18(16)19(23-20)13-15-8-10-17(25-2)11-9-15/h4-11,14H,3,12-13H2,1-2H3,(H,22,24). The summed E-state index contributed by atoms with van der Waals surface area (Å²) in [6.07, 6.45) is 1.57. The maximum Gasteiger partial charge on any atom is 0.269 e. The third-order valence-electron chi connectivity index (χ3n) is 4.12. The zero-order valence-corrected chi connectivity index (χ0v) is 14.6. The third-order valence-corrected chi connectivity index (χ3v) is 4.12. The third kappa shape index (κ3) is 3.97. The van der Waals surface area contributed by atoms with Gasteiger partial charge in [-0.05, 0) is 35.6 Å². The van der Waals surface area contributed by atoms with Crippen LogP contribution in [-0.4, -0.2) is 24.5 Å². The van der Waals surface area contributed by atoms with E-state index in [2.05, 4.69) is 16.4 Å². The molecular weight excluding hydrogens is 312 g/mol. The molecule has 0 saturated carbocycles. The Labute approximate surface area is 147 Å². The number of methoxy groups -OCH3 is 1. The predicted octanol–water partition coefficient (Wildman–Crippen LogP) is 3.97. The maximum absolute atomic E-state index is 12.3. The topological polar surface area (TPSA) is 51.2 Å². The van der Waals surface area contributed by atoms with Gasteiger partial charge >= 0.3 is 0 Å². The number of aromatic nitrogens is 1. The first-order valence-electron chi connectivity index (χ1n) is 8.51. The smallest absolute Gasteiger partial charge is 0.269 e. The first-order chi connectivity index (χ1) is 12.2. The minimum atomic E-state index is -0.122. The Balaban J connectivity index is 1.97. The summed E-state index contributed by atoms with van der Waals surface area (Å²) >= 11 is 0. The van der Waals surface area contributed by atoms with E-state index in [-0.39, 0.29) is 5.91 Å². The number of nitrogens with zero attached hydrogens (tertiary/aromatic N) is 1. The molecule has 0 fully saturated rings. The molecule has 0 aliphatic carbocycles. The van der Waals surface area contributed by atoms with Crippen molar-refractivity contribution >= 4 is 16.7 Å². The summed E-state index contributed by atoms with van der Waals surface area (Å²) in [6.45, 7) is 2.68. The van der Waals surface area contributed by atoms with Crippen LogP contribution in [0.4, 0.5) is 0 Å². The highest BCUT2D eigenvalue weighted by Gasteiger charge is 2.12. The van der Waals surface area contributed by atoms with Crippen LogP contribution in [-0.2, 0) is 6.42 Å². The molecule has 3 rings (SSSR count). The molecule has 0 radical (unpaired) electrons. The van der Waals surface area contributed by atoms with Crippen molar-refractivity contribution in [1.82, 2.24) is 10.3 Å². The van der Waals surface area contributed by atoms with Gasteiger partial charge in [-0.1, -0.05) is 43.3 Å². The van der Waals surface area contributed by atoms with Crippen molar-refractivity contribution in [3.63, 3.8) is 0 Å². The largest absolute Gasteiger partial charge is 0.497 e. The summed E-state index contributed by atoms with van der Waals surface area (Å²) < 4.78 is 5.21. The summed E-state index contributed by atoms with van der Waals surface area (Å²) in [5.41, 5.74) is 2.50. The lowest BCUT2D eigenvalue weighted by Crippen LogP contribution is -2.25. The fraction of sp³-hybridized carbons (Fsp3) is 0.238. The molecule has 4 nitrogen and oxygen atoms in total. The molecule has 4 heteroatoms. The molecule has 1 heterocycles. The second-order valence-corrected chi connectivity index (χ2v) is 5.96. The Morgan fingerprint density at radius 3 is 2.60 bits per heavy atom. The predicted molar refractivity (Wildman–Crippen MR) is 100 cm³/mol. The molecule has 128 valence electrons. The SMILES string of the molecule is CCCNC(=O)c1cc2ccccc2c(Cc2ccc(OC)cc2)n1. The molecule has 0 saturated heterocycles. The second kappa shape index (κ2) is 7.79. The molecule has 0 bridgehead atoms. The molecule has 25 heavy (non-hydrogen) atoms. The number of ether oxygens (including phenoxy) is 1. The highest BCUT2D eigenvalue weighted by atomic mass is 16.5. The average Bonchev–Trinajstić information content (AvgIpc) is 2.66. The molecule has 0 unspecified atom stereocenters. The number of amides is 1. The van der Waals surface area contributed by atoms with Crippen molar-refractivity contribution in [2.45, 2.75) is 19.8 Å². The van der Waals surface area contributed by atoms with Gasteiger partial charge in [0.05, 0.1) is 12.8 Å². The van der Waals surface area contributed by atoms with Crippen molar-refractivity contribution in [1.29, 1.82) is 0 Å². The van der Waals surface area contributed by atoms with Gasteiger partial charge in [0.2, 0.25) is 0 Å². The highest BCUT2D eigenvalue weighted by molar-refractivity contribution is 5.97. The Bertz CT molecular complexity index is 873. The second-order valence-electron chi connectivity index (χ2n) is 5.96. The van der Waals surface area contributed by atoms with Crippen LogP contribution in [0.3, 0.4) is 0 Å². The molecule has 1 amide bonds. The molecule has 0 spiro atoms. The Kier molecular flexibility index (Phi) is 5.29. The molecule has 0 aliphatic rings. The average molecular weight is 334 g/mol. The number of hydrogen-bond donors (Lipinski definition) is 1. The molecular formula is C21H22N2O2. The van der Waals surface area contributed by atoms with Gasteiger partial charge in [-0.25, -0.2) is 4.98 Å². The van der Waals surface area contributed by atoms with E-state index in [9.17, 15) is 4.79 Å². The van der Waals surface area contributed by atoms with Crippen molar-refractivity contribution in [2.75, 3.05) is 13.7 Å². The minimum Gasteiger partial charge on any atom is -0.497 e. The van der Waals surface area contributed by atoms with Gasteiger partial charge in [-0.2, -0.15) is 0 Å². The van der Waals surface area contributed by atoms with Crippen LogP contribution in [0.5, 0.6) is 5.75 Å². The van der Waals surface area contributed by atoms with Crippen LogP contribution in [0.2, 0.25) is 0 Å². The van der Waals surface area contributed by atoms with E-state index in [4.69, 9.17) is 4.74 Å². The summed E-state index contributed by atoms with van der Waals surface area (Å²) in [4.78, 5) is 17.0. The fourth-order valence-electron chi connectivity index (χ4n) is 2.79. The zero-order chi connectivity index (χ0) is 17.6.